The number of rotatable bonds is 7. The van der Waals surface area contributed by atoms with Crippen LogP contribution >= 0.6 is 0 Å². The summed E-state index contributed by atoms with van der Waals surface area (Å²) in [6.45, 7) is 4.41. The Morgan fingerprint density at radius 1 is 1.20 bits per heavy atom. The first-order chi connectivity index (χ1) is 9.78. The average molecular weight is 273 g/mol. The van der Waals surface area contributed by atoms with Gasteiger partial charge in [0.2, 0.25) is 0 Å². The molecule has 2 aromatic rings. The van der Waals surface area contributed by atoms with E-state index in [1.54, 1.807) is 12.4 Å². The minimum atomic E-state index is 0.218. The highest BCUT2D eigenvalue weighted by molar-refractivity contribution is 5.15. The molecule has 0 saturated carbocycles. The molecule has 1 unspecified atom stereocenters. The molecule has 108 valence electrons. The predicted octanol–water partition coefficient (Wildman–Crippen LogP) is 2.54. The van der Waals surface area contributed by atoms with E-state index in [0.717, 1.165) is 30.5 Å². The van der Waals surface area contributed by atoms with E-state index in [4.69, 9.17) is 5.10 Å². The summed E-state index contributed by atoms with van der Waals surface area (Å²) in [7, 11) is 1.96. The molecule has 0 aliphatic carbocycles. The Morgan fingerprint density at radius 3 is 2.60 bits per heavy atom. The van der Waals surface area contributed by atoms with Crippen LogP contribution in [-0.2, 0) is 6.42 Å². The molecule has 0 radical (unpaired) electrons. The molecule has 0 aliphatic heterocycles. The van der Waals surface area contributed by atoms with Crippen molar-refractivity contribution in [1.82, 2.24) is 25.3 Å². The van der Waals surface area contributed by atoms with Crippen LogP contribution in [0.25, 0.3) is 0 Å². The molecule has 0 aliphatic rings. The molecule has 0 amide bonds. The third kappa shape index (κ3) is 3.42. The van der Waals surface area contributed by atoms with Crippen molar-refractivity contribution in [2.75, 3.05) is 7.05 Å². The smallest absolute Gasteiger partial charge is 0.0643 e. The van der Waals surface area contributed by atoms with Gasteiger partial charge in [-0.3, -0.25) is 4.68 Å². The summed E-state index contributed by atoms with van der Waals surface area (Å²) in [6.07, 6.45) is 8.70. The van der Waals surface area contributed by atoms with E-state index in [2.05, 4.69) is 46.3 Å². The molecule has 2 aromatic heterocycles. The highest BCUT2D eigenvalue weighted by Gasteiger charge is 2.14. The van der Waals surface area contributed by atoms with E-state index >= 15 is 0 Å². The first-order valence-corrected chi connectivity index (χ1v) is 7.26. The molecule has 0 saturated heterocycles. The second-order valence-electron chi connectivity index (χ2n) is 4.98. The van der Waals surface area contributed by atoms with Crippen LogP contribution in [0.1, 0.15) is 50.0 Å². The summed E-state index contributed by atoms with van der Waals surface area (Å²) in [5, 5.41) is 15.8. The van der Waals surface area contributed by atoms with Gasteiger partial charge in [0.05, 0.1) is 17.9 Å². The van der Waals surface area contributed by atoms with E-state index in [0.29, 0.717) is 6.04 Å². The molecule has 0 fully saturated rings. The maximum Gasteiger partial charge on any atom is 0.0643 e. The summed E-state index contributed by atoms with van der Waals surface area (Å²) in [4.78, 5) is 0. The van der Waals surface area contributed by atoms with E-state index in [-0.39, 0.29) is 6.04 Å². The molecule has 5 nitrogen and oxygen atoms in total. The molecule has 0 spiro atoms. The molecule has 2 heterocycles. The molecule has 0 aromatic carbocycles. The Kier molecular flexibility index (Phi) is 5.24. The molecule has 1 atom stereocenters. The van der Waals surface area contributed by atoms with Crippen LogP contribution in [0, 0.1) is 0 Å². The Hall–Kier alpha value is -1.75. The summed E-state index contributed by atoms with van der Waals surface area (Å²) in [5.41, 5.74) is 2.24. The van der Waals surface area contributed by atoms with E-state index in [9.17, 15) is 0 Å². The minimum absolute atomic E-state index is 0.218. The topological polar surface area (TPSA) is 55.6 Å². The lowest BCUT2D eigenvalue weighted by atomic mass is 10.1. The van der Waals surface area contributed by atoms with Gasteiger partial charge in [0.1, 0.15) is 0 Å². The third-order valence-electron chi connectivity index (χ3n) is 3.75. The Labute approximate surface area is 120 Å². The lowest BCUT2D eigenvalue weighted by Gasteiger charge is -2.15. The summed E-state index contributed by atoms with van der Waals surface area (Å²) in [5.74, 6) is 0. The summed E-state index contributed by atoms with van der Waals surface area (Å²) >= 11 is 0. The van der Waals surface area contributed by atoms with Gasteiger partial charge in [0.25, 0.3) is 0 Å². The van der Waals surface area contributed by atoms with E-state index < -0.39 is 0 Å². The first-order valence-electron chi connectivity index (χ1n) is 7.26. The Bertz CT molecular complexity index is 504. The third-order valence-corrected chi connectivity index (χ3v) is 3.75. The number of aromatic nitrogens is 4. The number of hydrogen-bond acceptors (Lipinski definition) is 4. The van der Waals surface area contributed by atoms with Gasteiger partial charge >= 0.3 is 0 Å². The van der Waals surface area contributed by atoms with Crippen molar-refractivity contribution in [1.29, 1.82) is 0 Å². The van der Waals surface area contributed by atoms with Gasteiger partial charge in [-0.05, 0) is 37.6 Å². The van der Waals surface area contributed by atoms with Crippen LogP contribution < -0.4 is 5.32 Å². The van der Waals surface area contributed by atoms with Crippen LogP contribution in [0.4, 0.5) is 0 Å². The first kappa shape index (κ1) is 14.7. The normalized spacial score (nSPS) is 12.8. The van der Waals surface area contributed by atoms with Crippen LogP contribution in [0.15, 0.2) is 30.7 Å². The Balaban J connectivity index is 2.09. The molecular formula is C15H23N5. The molecule has 0 bridgehead atoms. The fourth-order valence-corrected chi connectivity index (χ4v) is 2.46. The van der Waals surface area contributed by atoms with Gasteiger partial charge in [-0.15, -0.1) is 0 Å². The van der Waals surface area contributed by atoms with Crippen molar-refractivity contribution in [2.24, 2.45) is 0 Å². The van der Waals surface area contributed by atoms with Crippen LogP contribution in [0.5, 0.6) is 0 Å². The van der Waals surface area contributed by atoms with Crippen molar-refractivity contribution < 1.29 is 0 Å². The van der Waals surface area contributed by atoms with Crippen molar-refractivity contribution in [3.8, 4) is 0 Å². The Morgan fingerprint density at radius 2 is 2.00 bits per heavy atom. The maximum atomic E-state index is 4.71. The SMILES string of the molecule is CCC(CC)n1ccc(CC(NC)c2ccnnc2)n1. The zero-order valence-corrected chi connectivity index (χ0v) is 12.5. The lowest BCUT2D eigenvalue weighted by molar-refractivity contribution is 0.423. The minimum Gasteiger partial charge on any atom is -0.313 e. The molecular weight excluding hydrogens is 250 g/mol. The van der Waals surface area contributed by atoms with Gasteiger partial charge in [0, 0.05) is 24.9 Å². The van der Waals surface area contributed by atoms with Crippen molar-refractivity contribution in [2.45, 2.75) is 45.2 Å². The van der Waals surface area contributed by atoms with Crippen LogP contribution in [0.3, 0.4) is 0 Å². The number of nitrogens with one attached hydrogen (secondary N) is 1. The standard InChI is InChI=1S/C15H23N5/c1-4-14(5-2)20-9-7-13(19-20)10-15(16-3)12-6-8-17-18-11-12/h6-9,11,14-16H,4-5,10H2,1-3H3. The van der Waals surface area contributed by atoms with Gasteiger partial charge < -0.3 is 5.32 Å². The highest BCUT2D eigenvalue weighted by Crippen LogP contribution is 2.18. The second kappa shape index (κ2) is 7.14. The maximum absolute atomic E-state index is 4.71. The second-order valence-corrected chi connectivity index (χ2v) is 4.98. The predicted molar refractivity (Wildman–Crippen MR) is 79.4 cm³/mol. The van der Waals surface area contributed by atoms with Gasteiger partial charge in [-0.1, -0.05) is 13.8 Å². The van der Waals surface area contributed by atoms with Gasteiger partial charge in [0.15, 0.2) is 0 Å². The zero-order valence-electron chi connectivity index (χ0n) is 12.5. The van der Waals surface area contributed by atoms with Crippen molar-refractivity contribution >= 4 is 0 Å². The monoisotopic (exact) mass is 273 g/mol. The van der Waals surface area contributed by atoms with Gasteiger partial charge in [-0.2, -0.15) is 15.3 Å². The summed E-state index contributed by atoms with van der Waals surface area (Å²) in [6, 6.07) is 4.82. The van der Waals surface area contributed by atoms with E-state index in [1.807, 2.05) is 13.1 Å². The van der Waals surface area contributed by atoms with Gasteiger partial charge in [-0.25, -0.2) is 0 Å². The summed E-state index contributed by atoms with van der Waals surface area (Å²) < 4.78 is 2.09. The largest absolute Gasteiger partial charge is 0.313 e. The van der Waals surface area contributed by atoms with Crippen LogP contribution in [0.2, 0.25) is 0 Å². The number of nitrogens with zero attached hydrogens (tertiary/aromatic N) is 4. The zero-order chi connectivity index (χ0) is 14.4. The molecule has 20 heavy (non-hydrogen) atoms. The van der Waals surface area contributed by atoms with Crippen molar-refractivity contribution in [3.05, 3.63) is 42.0 Å². The fraction of sp³-hybridized carbons (Fsp3) is 0.533. The number of likely N-dealkylation sites (N-methyl/N-ethyl adjacent to an activating group) is 1. The quantitative estimate of drug-likeness (QED) is 0.842. The molecule has 5 heteroatoms. The average Bonchev–Trinajstić information content (AvgIpc) is 2.95. The van der Waals surface area contributed by atoms with Crippen molar-refractivity contribution in [3.63, 3.8) is 0 Å². The van der Waals surface area contributed by atoms with Crippen LogP contribution in [-0.4, -0.2) is 27.0 Å². The highest BCUT2D eigenvalue weighted by atomic mass is 15.3. The fourth-order valence-electron chi connectivity index (χ4n) is 2.46. The van der Waals surface area contributed by atoms with E-state index in [1.165, 1.54) is 0 Å². The molecule has 2 rings (SSSR count). The number of hydrogen-bond donors (Lipinski definition) is 1. The molecule has 1 N–H and O–H groups in total. The lowest BCUT2D eigenvalue weighted by Crippen LogP contribution is -2.19.